The number of nitrogens with one attached hydrogen (secondary N) is 1. The Morgan fingerprint density at radius 1 is 1.17 bits per heavy atom. The zero-order valence-corrected chi connectivity index (χ0v) is 21.3. The fourth-order valence-electron chi connectivity index (χ4n) is 3.36. The second kappa shape index (κ2) is 11.3. The molecule has 3 rings (SSSR count). The number of ether oxygens (including phenoxy) is 1. The Labute approximate surface area is 214 Å². The van der Waals surface area contributed by atoms with E-state index in [2.05, 4.69) is 10.4 Å². The maximum Gasteiger partial charge on any atom is 0.269 e. The molecule has 2 aromatic carbocycles. The molecular formula is C25H28ClN5O5. The van der Waals surface area contributed by atoms with Crippen LogP contribution in [-0.2, 0) is 14.9 Å². The third kappa shape index (κ3) is 6.46. The number of nitro benzene ring substituents is 1. The molecule has 1 N–H and O–H groups in total. The normalized spacial score (nSPS) is 11.2. The molecule has 2 amide bonds. The number of aromatic nitrogens is 2. The highest BCUT2D eigenvalue weighted by molar-refractivity contribution is 6.32. The molecule has 0 fully saturated rings. The van der Waals surface area contributed by atoms with Crippen LogP contribution in [0.3, 0.4) is 0 Å². The minimum atomic E-state index is -0.543. The van der Waals surface area contributed by atoms with Gasteiger partial charge in [0.1, 0.15) is 12.4 Å². The molecule has 0 aliphatic heterocycles. The van der Waals surface area contributed by atoms with Crippen LogP contribution in [0.15, 0.2) is 54.6 Å². The second-order valence-corrected chi connectivity index (χ2v) is 9.51. The molecule has 3 aromatic rings. The molecule has 190 valence electrons. The van der Waals surface area contributed by atoms with Crippen LogP contribution in [0.2, 0.25) is 5.02 Å². The van der Waals surface area contributed by atoms with E-state index >= 15 is 0 Å². The lowest BCUT2D eigenvalue weighted by atomic mass is 9.92. The van der Waals surface area contributed by atoms with Crippen molar-refractivity contribution in [3.8, 4) is 5.69 Å². The molecule has 0 aliphatic carbocycles. The third-order valence-corrected chi connectivity index (χ3v) is 5.66. The fraction of sp³-hybridized carbons (Fsp3) is 0.320. The molecule has 1 heterocycles. The molecule has 0 saturated heterocycles. The molecule has 0 radical (unpaired) electrons. The van der Waals surface area contributed by atoms with Crippen LogP contribution in [-0.4, -0.2) is 58.2 Å². The molecule has 0 unspecified atom stereocenters. The van der Waals surface area contributed by atoms with Crippen LogP contribution in [0, 0.1) is 10.1 Å². The maximum atomic E-state index is 13.1. The summed E-state index contributed by atoms with van der Waals surface area (Å²) in [5.41, 5.74) is 1.15. The van der Waals surface area contributed by atoms with Gasteiger partial charge in [0.2, 0.25) is 5.91 Å². The van der Waals surface area contributed by atoms with Gasteiger partial charge in [-0.2, -0.15) is 5.10 Å². The number of non-ortho nitro benzene ring substituents is 1. The number of carbonyl (C=O) groups is 2. The molecular weight excluding hydrogens is 486 g/mol. The van der Waals surface area contributed by atoms with E-state index in [4.69, 9.17) is 16.3 Å². The van der Waals surface area contributed by atoms with Crippen LogP contribution in [0.25, 0.3) is 5.69 Å². The van der Waals surface area contributed by atoms with Crippen molar-refractivity contribution in [2.45, 2.75) is 26.2 Å². The average molecular weight is 514 g/mol. The van der Waals surface area contributed by atoms with Gasteiger partial charge in [0, 0.05) is 42.8 Å². The molecule has 0 atom stereocenters. The number of hydrogen-bond donors (Lipinski definition) is 1. The van der Waals surface area contributed by atoms with E-state index in [1.807, 2.05) is 26.8 Å². The molecule has 11 heteroatoms. The lowest BCUT2D eigenvalue weighted by molar-refractivity contribution is -0.384. The fourth-order valence-corrected chi connectivity index (χ4v) is 3.58. The number of carbonyl (C=O) groups excluding carboxylic acids is 2. The van der Waals surface area contributed by atoms with Crippen molar-refractivity contribution < 1.29 is 19.2 Å². The Hall–Kier alpha value is -3.76. The van der Waals surface area contributed by atoms with E-state index in [1.54, 1.807) is 28.9 Å². The number of benzene rings is 2. The first-order valence-corrected chi connectivity index (χ1v) is 11.6. The van der Waals surface area contributed by atoms with Gasteiger partial charge in [0.05, 0.1) is 27.9 Å². The largest absolute Gasteiger partial charge is 0.383 e. The first-order chi connectivity index (χ1) is 17.0. The first kappa shape index (κ1) is 26.8. The van der Waals surface area contributed by atoms with Crippen LogP contribution in [0.4, 0.5) is 11.5 Å². The van der Waals surface area contributed by atoms with Crippen LogP contribution >= 0.6 is 11.6 Å². The zero-order chi connectivity index (χ0) is 26.5. The van der Waals surface area contributed by atoms with Crippen molar-refractivity contribution >= 4 is 34.9 Å². The number of anilines is 1. The molecule has 0 spiro atoms. The molecule has 0 bridgehead atoms. The maximum absolute atomic E-state index is 13.1. The first-order valence-electron chi connectivity index (χ1n) is 11.2. The number of methoxy groups -OCH3 is 1. The summed E-state index contributed by atoms with van der Waals surface area (Å²) in [6.45, 7) is 6.11. The molecule has 0 aliphatic rings. The van der Waals surface area contributed by atoms with E-state index in [9.17, 15) is 19.7 Å². The highest BCUT2D eigenvalue weighted by Gasteiger charge is 2.24. The van der Waals surface area contributed by atoms with Crippen LogP contribution in [0.5, 0.6) is 0 Å². The highest BCUT2D eigenvalue weighted by Crippen LogP contribution is 2.29. The third-order valence-electron chi connectivity index (χ3n) is 5.34. The van der Waals surface area contributed by atoms with Crippen molar-refractivity contribution in [3.63, 3.8) is 0 Å². The summed E-state index contributed by atoms with van der Waals surface area (Å²) in [5, 5.41) is 18.9. The minimum Gasteiger partial charge on any atom is -0.383 e. The van der Waals surface area contributed by atoms with Crippen molar-refractivity contribution in [2.24, 2.45) is 0 Å². The van der Waals surface area contributed by atoms with Gasteiger partial charge in [-0.1, -0.05) is 44.5 Å². The van der Waals surface area contributed by atoms with Crippen molar-refractivity contribution in [1.82, 2.24) is 14.7 Å². The van der Waals surface area contributed by atoms with Gasteiger partial charge >= 0.3 is 0 Å². The Bertz CT molecular complexity index is 1250. The van der Waals surface area contributed by atoms with Gasteiger partial charge in [-0.3, -0.25) is 19.7 Å². The number of amides is 2. The van der Waals surface area contributed by atoms with Gasteiger partial charge in [0.15, 0.2) is 0 Å². The van der Waals surface area contributed by atoms with Gasteiger partial charge in [-0.25, -0.2) is 4.68 Å². The summed E-state index contributed by atoms with van der Waals surface area (Å²) >= 11 is 6.39. The number of rotatable bonds is 9. The van der Waals surface area contributed by atoms with Crippen LogP contribution in [0.1, 0.15) is 36.8 Å². The predicted molar refractivity (Wildman–Crippen MR) is 137 cm³/mol. The summed E-state index contributed by atoms with van der Waals surface area (Å²) in [6, 6.07) is 14.1. The van der Waals surface area contributed by atoms with Gasteiger partial charge < -0.3 is 15.0 Å². The lowest BCUT2D eigenvalue weighted by Gasteiger charge is -2.22. The summed E-state index contributed by atoms with van der Waals surface area (Å²) < 4.78 is 6.66. The summed E-state index contributed by atoms with van der Waals surface area (Å²) in [4.78, 5) is 37.9. The average Bonchev–Trinajstić information content (AvgIpc) is 3.25. The zero-order valence-electron chi connectivity index (χ0n) is 20.5. The van der Waals surface area contributed by atoms with E-state index in [-0.39, 0.29) is 36.4 Å². The van der Waals surface area contributed by atoms with Crippen molar-refractivity contribution in [3.05, 3.63) is 81.0 Å². The van der Waals surface area contributed by atoms with E-state index < -0.39 is 16.7 Å². The molecule has 10 nitrogen and oxygen atoms in total. The molecule has 36 heavy (non-hydrogen) atoms. The quantitative estimate of drug-likeness (QED) is 0.333. The summed E-state index contributed by atoms with van der Waals surface area (Å²) in [6.07, 6.45) is 0. The topological polar surface area (TPSA) is 120 Å². The van der Waals surface area contributed by atoms with Crippen LogP contribution < -0.4 is 5.32 Å². The van der Waals surface area contributed by atoms with E-state index in [1.165, 1.54) is 36.3 Å². The number of para-hydroxylation sites is 1. The Morgan fingerprint density at radius 2 is 1.83 bits per heavy atom. The smallest absolute Gasteiger partial charge is 0.269 e. The van der Waals surface area contributed by atoms with Gasteiger partial charge in [-0.05, 0) is 24.3 Å². The molecule has 0 saturated carbocycles. The van der Waals surface area contributed by atoms with E-state index in [0.717, 1.165) is 5.69 Å². The number of nitrogens with zero attached hydrogens (tertiary/aromatic N) is 4. The number of hydrogen-bond acceptors (Lipinski definition) is 6. The lowest BCUT2D eigenvalue weighted by Crippen LogP contribution is -2.40. The van der Waals surface area contributed by atoms with Crippen molar-refractivity contribution in [2.75, 3.05) is 32.1 Å². The Kier molecular flexibility index (Phi) is 8.44. The summed E-state index contributed by atoms with van der Waals surface area (Å²) in [5.74, 6) is -0.491. The van der Waals surface area contributed by atoms with Gasteiger partial charge in [0.25, 0.3) is 11.6 Å². The predicted octanol–water partition coefficient (Wildman–Crippen LogP) is 4.46. The second-order valence-electron chi connectivity index (χ2n) is 9.10. The minimum absolute atomic E-state index is 0.129. The number of halogens is 1. The highest BCUT2D eigenvalue weighted by atomic mass is 35.5. The Balaban J connectivity index is 1.86. The van der Waals surface area contributed by atoms with Crippen molar-refractivity contribution in [1.29, 1.82) is 0 Å². The standard InChI is InChI=1S/C25H28ClN5O5/c1-25(2,3)21-15-22(30(28-21)20-8-6-5-7-19(20)26)27-23(32)16-29(13-14-36-4)24(33)17-9-11-18(12-10-17)31(34)35/h5-12,15H,13-14,16H2,1-4H3,(H,27,32). The molecule has 1 aromatic heterocycles. The Morgan fingerprint density at radius 3 is 2.42 bits per heavy atom. The summed E-state index contributed by atoms with van der Waals surface area (Å²) in [7, 11) is 1.49. The SMILES string of the molecule is COCCN(CC(=O)Nc1cc(C(C)(C)C)nn1-c1ccccc1Cl)C(=O)c1ccc([N+](=O)[O-])cc1. The van der Waals surface area contributed by atoms with E-state index in [0.29, 0.717) is 16.5 Å². The number of nitro groups is 1. The van der Waals surface area contributed by atoms with Gasteiger partial charge in [-0.15, -0.1) is 0 Å². The monoisotopic (exact) mass is 513 g/mol.